The van der Waals surface area contributed by atoms with Gasteiger partial charge in [-0.25, -0.2) is 0 Å². The van der Waals surface area contributed by atoms with Gasteiger partial charge in [-0.1, -0.05) is 19.1 Å². The Morgan fingerprint density at radius 1 is 1.19 bits per heavy atom. The van der Waals surface area contributed by atoms with Crippen LogP contribution in [0.2, 0.25) is 0 Å². The molecule has 1 fully saturated rings. The van der Waals surface area contributed by atoms with Gasteiger partial charge in [-0.15, -0.1) is 24.0 Å². The average Bonchev–Trinajstić information content (AvgIpc) is 3.16. The molecule has 1 aliphatic heterocycles. The molecule has 0 aromatic heterocycles. The van der Waals surface area contributed by atoms with Crippen molar-refractivity contribution in [3.8, 4) is 5.75 Å². The van der Waals surface area contributed by atoms with Crippen molar-refractivity contribution in [3.63, 3.8) is 0 Å². The molecule has 1 aromatic carbocycles. The van der Waals surface area contributed by atoms with Crippen molar-refractivity contribution in [2.24, 2.45) is 4.99 Å². The summed E-state index contributed by atoms with van der Waals surface area (Å²) in [6, 6.07) is 6.38. The molecule has 1 aromatic rings. The Morgan fingerprint density at radius 2 is 1.96 bits per heavy atom. The van der Waals surface area contributed by atoms with Crippen LogP contribution in [0.5, 0.6) is 5.75 Å². The van der Waals surface area contributed by atoms with Crippen LogP contribution < -0.4 is 15.4 Å². The summed E-state index contributed by atoms with van der Waals surface area (Å²) >= 11 is 0. The van der Waals surface area contributed by atoms with Gasteiger partial charge in [-0.3, -0.25) is 4.99 Å². The molecule has 0 amide bonds. The van der Waals surface area contributed by atoms with Crippen LogP contribution in [0.25, 0.3) is 0 Å². The maximum Gasteiger partial charge on any atom is 0.191 e. The summed E-state index contributed by atoms with van der Waals surface area (Å²) < 4.78 is 5.89. The molecule has 0 saturated carbocycles. The van der Waals surface area contributed by atoms with Gasteiger partial charge in [-0.2, -0.15) is 0 Å². The van der Waals surface area contributed by atoms with E-state index in [2.05, 4.69) is 52.6 Å². The van der Waals surface area contributed by atoms with Crippen LogP contribution in [0, 0.1) is 6.92 Å². The molecule has 1 aliphatic rings. The van der Waals surface area contributed by atoms with Crippen LogP contribution in [0.4, 0.5) is 0 Å². The average molecular weight is 488 g/mol. The summed E-state index contributed by atoms with van der Waals surface area (Å²) in [4.78, 5) is 6.90. The van der Waals surface area contributed by atoms with E-state index in [1.54, 1.807) is 0 Å². The Morgan fingerprint density at radius 3 is 2.67 bits per heavy atom. The van der Waals surface area contributed by atoms with Crippen LogP contribution in [-0.4, -0.2) is 50.7 Å². The topological polar surface area (TPSA) is 48.9 Å². The molecule has 2 N–H and O–H groups in total. The van der Waals surface area contributed by atoms with E-state index in [1.165, 1.54) is 56.4 Å². The molecular weight excluding hydrogens is 451 g/mol. The SMILES string of the molecule is CCCOc1cc(C)ccc1CNC(=NC)NCCCCN1CCCC1.I. The number of aliphatic imine (C=N–C) groups is 1. The van der Waals surface area contributed by atoms with E-state index in [1.807, 2.05) is 7.05 Å². The zero-order chi connectivity index (χ0) is 18.6. The monoisotopic (exact) mass is 488 g/mol. The summed E-state index contributed by atoms with van der Waals surface area (Å²) in [5.41, 5.74) is 2.39. The Balaban J connectivity index is 0.00000364. The molecule has 0 radical (unpaired) electrons. The highest BCUT2D eigenvalue weighted by molar-refractivity contribution is 14.0. The Labute approximate surface area is 182 Å². The van der Waals surface area contributed by atoms with Crippen LogP contribution in [0.1, 0.15) is 50.2 Å². The molecule has 5 nitrogen and oxygen atoms in total. The van der Waals surface area contributed by atoms with E-state index < -0.39 is 0 Å². The molecule has 1 heterocycles. The fourth-order valence-electron chi connectivity index (χ4n) is 3.23. The molecule has 27 heavy (non-hydrogen) atoms. The highest BCUT2D eigenvalue weighted by atomic mass is 127. The number of hydrogen-bond donors (Lipinski definition) is 2. The van der Waals surface area contributed by atoms with Crippen molar-refractivity contribution in [1.82, 2.24) is 15.5 Å². The molecule has 2 rings (SSSR count). The molecule has 154 valence electrons. The maximum atomic E-state index is 5.89. The number of guanidine groups is 1. The fourth-order valence-corrected chi connectivity index (χ4v) is 3.23. The smallest absolute Gasteiger partial charge is 0.191 e. The lowest BCUT2D eigenvalue weighted by Crippen LogP contribution is -2.37. The Bertz CT molecular complexity index is 559. The number of ether oxygens (including phenoxy) is 1. The number of hydrogen-bond acceptors (Lipinski definition) is 3. The predicted molar refractivity (Wildman–Crippen MR) is 125 cm³/mol. The summed E-state index contributed by atoms with van der Waals surface area (Å²) in [6.45, 7) is 10.5. The standard InChI is InChI=1S/C21H36N4O.HI/c1-4-15-26-20-16-18(2)9-10-19(20)17-24-21(22-3)23-11-5-6-12-25-13-7-8-14-25;/h9-10,16H,4-8,11-15,17H2,1-3H3,(H2,22,23,24);1H. The van der Waals surface area contributed by atoms with Crippen molar-refractivity contribution in [2.75, 3.05) is 39.8 Å². The van der Waals surface area contributed by atoms with E-state index in [-0.39, 0.29) is 24.0 Å². The van der Waals surface area contributed by atoms with E-state index in [4.69, 9.17) is 4.74 Å². The second-order valence-electron chi connectivity index (χ2n) is 7.07. The van der Waals surface area contributed by atoms with Gasteiger partial charge in [0.1, 0.15) is 5.75 Å². The summed E-state index contributed by atoms with van der Waals surface area (Å²) in [7, 11) is 1.82. The first kappa shape index (κ1) is 24.0. The minimum Gasteiger partial charge on any atom is -0.493 e. The second-order valence-corrected chi connectivity index (χ2v) is 7.07. The summed E-state index contributed by atoms with van der Waals surface area (Å²) in [5.74, 6) is 1.83. The normalized spacial score (nSPS) is 14.7. The van der Waals surface area contributed by atoms with Crippen LogP contribution in [-0.2, 0) is 6.54 Å². The number of nitrogens with zero attached hydrogens (tertiary/aromatic N) is 2. The first-order valence-corrected chi connectivity index (χ1v) is 10.1. The summed E-state index contributed by atoms with van der Waals surface area (Å²) in [5, 5.41) is 6.82. The van der Waals surface area contributed by atoms with Gasteiger partial charge in [0.25, 0.3) is 0 Å². The Hall–Kier alpha value is -1.02. The van der Waals surface area contributed by atoms with Gasteiger partial charge in [-0.05, 0) is 70.3 Å². The van der Waals surface area contributed by atoms with E-state index in [0.717, 1.165) is 31.3 Å². The maximum absolute atomic E-state index is 5.89. The lowest BCUT2D eigenvalue weighted by molar-refractivity contribution is 0.313. The van der Waals surface area contributed by atoms with Crippen molar-refractivity contribution in [2.45, 2.75) is 52.5 Å². The van der Waals surface area contributed by atoms with Crippen LogP contribution >= 0.6 is 24.0 Å². The molecular formula is C21H37IN4O. The van der Waals surface area contributed by atoms with Gasteiger partial charge in [0.15, 0.2) is 5.96 Å². The van der Waals surface area contributed by atoms with Gasteiger partial charge in [0.05, 0.1) is 6.61 Å². The van der Waals surface area contributed by atoms with Crippen molar-refractivity contribution in [1.29, 1.82) is 0 Å². The third-order valence-corrected chi connectivity index (χ3v) is 4.75. The third kappa shape index (κ3) is 9.14. The van der Waals surface area contributed by atoms with Crippen molar-refractivity contribution >= 4 is 29.9 Å². The zero-order valence-electron chi connectivity index (χ0n) is 17.2. The number of unbranched alkanes of at least 4 members (excludes halogenated alkanes) is 1. The van der Waals surface area contributed by atoms with Crippen molar-refractivity contribution in [3.05, 3.63) is 29.3 Å². The third-order valence-electron chi connectivity index (χ3n) is 4.75. The van der Waals surface area contributed by atoms with Crippen molar-refractivity contribution < 1.29 is 4.74 Å². The highest BCUT2D eigenvalue weighted by Gasteiger charge is 2.10. The number of nitrogens with one attached hydrogen (secondary N) is 2. The molecule has 1 saturated heterocycles. The fraction of sp³-hybridized carbons (Fsp3) is 0.667. The van der Waals surface area contributed by atoms with Gasteiger partial charge in [0, 0.05) is 25.7 Å². The molecule has 6 heteroatoms. The Kier molecular flexibility index (Phi) is 12.5. The molecule has 0 atom stereocenters. The quantitative estimate of drug-likeness (QED) is 0.227. The highest BCUT2D eigenvalue weighted by Crippen LogP contribution is 2.20. The number of halogens is 1. The van der Waals surface area contributed by atoms with Gasteiger partial charge < -0.3 is 20.3 Å². The minimum absolute atomic E-state index is 0. The first-order chi connectivity index (χ1) is 12.7. The minimum atomic E-state index is 0. The lowest BCUT2D eigenvalue weighted by Gasteiger charge is -2.16. The van der Waals surface area contributed by atoms with Gasteiger partial charge >= 0.3 is 0 Å². The number of benzene rings is 1. The lowest BCUT2D eigenvalue weighted by atomic mass is 10.1. The number of rotatable bonds is 10. The summed E-state index contributed by atoms with van der Waals surface area (Å²) in [6.07, 6.45) is 6.18. The van der Waals surface area contributed by atoms with E-state index in [0.29, 0.717) is 6.54 Å². The molecule has 0 bridgehead atoms. The molecule has 0 spiro atoms. The van der Waals surface area contributed by atoms with Crippen LogP contribution in [0.15, 0.2) is 23.2 Å². The zero-order valence-corrected chi connectivity index (χ0v) is 19.6. The number of likely N-dealkylation sites (tertiary alicyclic amines) is 1. The molecule has 0 unspecified atom stereocenters. The van der Waals surface area contributed by atoms with Gasteiger partial charge in [0.2, 0.25) is 0 Å². The second kappa shape index (κ2) is 14.0. The number of aryl methyl sites for hydroxylation is 1. The predicted octanol–water partition coefficient (Wildman–Crippen LogP) is 3.94. The van der Waals surface area contributed by atoms with E-state index >= 15 is 0 Å². The largest absolute Gasteiger partial charge is 0.493 e. The van der Waals surface area contributed by atoms with E-state index in [9.17, 15) is 0 Å². The van der Waals surface area contributed by atoms with Crippen LogP contribution in [0.3, 0.4) is 0 Å². The molecule has 0 aliphatic carbocycles. The first-order valence-electron chi connectivity index (χ1n) is 10.1.